The summed E-state index contributed by atoms with van der Waals surface area (Å²) in [5.41, 5.74) is 4.40. The standard InChI is InChI=1S/C29H33F3N4O3/c1-29(2,32)17-35-10-8-18(9-11-35)16-39-21-6-7-22(19(12-21)14-33)23-4-3-5-24(31)26(23)28(38)36-15-20(30)13-25(36)27(34)37/h3-7,12,18,20,25H,8-11,13,15-17H2,1-2H3,(H2,34,37)/t20-,25-/m0/s1. The minimum atomic E-state index is -1.45. The van der Waals surface area contributed by atoms with Gasteiger partial charge in [0.1, 0.15) is 29.4 Å². The lowest BCUT2D eigenvalue weighted by molar-refractivity contribution is -0.121. The van der Waals surface area contributed by atoms with Crippen LogP contribution in [0.2, 0.25) is 0 Å². The van der Waals surface area contributed by atoms with E-state index >= 15 is 4.39 Å². The van der Waals surface area contributed by atoms with Crippen molar-refractivity contribution >= 4 is 11.8 Å². The maximum atomic E-state index is 15.0. The van der Waals surface area contributed by atoms with Crippen LogP contribution in [-0.2, 0) is 4.79 Å². The Labute approximate surface area is 226 Å². The van der Waals surface area contributed by atoms with E-state index < -0.39 is 35.5 Å². The SMILES string of the molecule is CC(C)(F)CN1CCC(COc2ccc(-c3cccc(F)c3C(=O)N3C[C@@H](F)C[C@H]3C(N)=O)c(C#N)c2)CC1. The van der Waals surface area contributed by atoms with Crippen LogP contribution in [0.15, 0.2) is 36.4 Å². The Hall–Kier alpha value is -3.58. The fourth-order valence-corrected chi connectivity index (χ4v) is 5.39. The molecule has 0 unspecified atom stereocenters. The molecule has 2 atom stereocenters. The molecule has 0 aromatic heterocycles. The van der Waals surface area contributed by atoms with Gasteiger partial charge in [0.15, 0.2) is 0 Å². The molecule has 0 aliphatic carbocycles. The molecule has 2 saturated heterocycles. The van der Waals surface area contributed by atoms with E-state index in [0.717, 1.165) is 36.9 Å². The number of carbonyl (C=O) groups excluding carboxylic acids is 2. The summed E-state index contributed by atoms with van der Waals surface area (Å²) < 4.78 is 49.0. The zero-order chi connectivity index (χ0) is 28.3. The van der Waals surface area contributed by atoms with Crippen molar-refractivity contribution in [3.05, 3.63) is 53.3 Å². The number of halogens is 3. The number of piperidine rings is 1. The fourth-order valence-electron chi connectivity index (χ4n) is 5.39. The van der Waals surface area contributed by atoms with Crippen molar-refractivity contribution in [3.8, 4) is 22.9 Å². The van der Waals surface area contributed by atoms with Crippen molar-refractivity contribution in [2.75, 3.05) is 32.8 Å². The lowest BCUT2D eigenvalue weighted by Crippen LogP contribution is -2.44. The molecule has 10 heteroatoms. The molecule has 2 aromatic rings. The fraction of sp³-hybridized carbons (Fsp3) is 0.483. The first-order valence-electron chi connectivity index (χ1n) is 13.1. The highest BCUT2D eigenvalue weighted by Crippen LogP contribution is 2.34. The average molecular weight is 543 g/mol. The van der Waals surface area contributed by atoms with Gasteiger partial charge in [0.2, 0.25) is 5.91 Å². The van der Waals surface area contributed by atoms with Gasteiger partial charge < -0.3 is 20.3 Å². The number of primary amides is 1. The summed E-state index contributed by atoms with van der Waals surface area (Å²) in [6.07, 6.45) is 0.0518. The summed E-state index contributed by atoms with van der Waals surface area (Å²) >= 11 is 0. The zero-order valence-corrected chi connectivity index (χ0v) is 22.1. The summed E-state index contributed by atoms with van der Waals surface area (Å²) in [7, 11) is 0. The number of likely N-dealkylation sites (tertiary alicyclic amines) is 2. The number of nitrogens with two attached hydrogens (primary N) is 1. The highest BCUT2D eigenvalue weighted by Gasteiger charge is 2.40. The third-order valence-corrected chi connectivity index (χ3v) is 7.26. The van der Waals surface area contributed by atoms with Crippen molar-refractivity contribution in [3.63, 3.8) is 0 Å². The van der Waals surface area contributed by atoms with Gasteiger partial charge in [-0.05, 0) is 75.5 Å². The van der Waals surface area contributed by atoms with Gasteiger partial charge in [0, 0.05) is 18.5 Å². The Balaban J connectivity index is 1.51. The Bertz CT molecular complexity index is 1270. The molecule has 0 radical (unpaired) electrons. The highest BCUT2D eigenvalue weighted by atomic mass is 19.1. The third-order valence-electron chi connectivity index (χ3n) is 7.26. The number of ether oxygens (including phenoxy) is 1. The molecule has 0 bridgehead atoms. The number of alkyl halides is 2. The molecule has 2 aromatic carbocycles. The number of rotatable bonds is 8. The van der Waals surface area contributed by atoms with Crippen LogP contribution in [0, 0.1) is 23.1 Å². The van der Waals surface area contributed by atoms with Gasteiger partial charge in [-0.15, -0.1) is 0 Å². The number of nitrogens with zero attached hydrogens (tertiary/aromatic N) is 3. The average Bonchev–Trinajstić information content (AvgIpc) is 3.29. The maximum absolute atomic E-state index is 15.0. The van der Waals surface area contributed by atoms with Crippen LogP contribution < -0.4 is 10.5 Å². The van der Waals surface area contributed by atoms with E-state index in [1.54, 1.807) is 26.0 Å². The molecular weight excluding hydrogens is 509 g/mol. The van der Waals surface area contributed by atoms with Crippen molar-refractivity contribution in [2.45, 2.75) is 51.0 Å². The predicted molar refractivity (Wildman–Crippen MR) is 140 cm³/mol. The van der Waals surface area contributed by atoms with Crippen molar-refractivity contribution in [1.29, 1.82) is 5.26 Å². The molecule has 2 aliphatic heterocycles. The van der Waals surface area contributed by atoms with Crippen LogP contribution in [-0.4, -0.2) is 72.3 Å². The van der Waals surface area contributed by atoms with E-state index in [1.165, 1.54) is 18.2 Å². The Morgan fingerprint density at radius 2 is 1.90 bits per heavy atom. The van der Waals surface area contributed by atoms with E-state index in [9.17, 15) is 23.6 Å². The lowest BCUT2D eigenvalue weighted by Gasteiger charge is -2.34. The molecule has 2 aliphatic rings. The first-order valence-corrected chi connectivity index (χ1v) is 13.1. The second-order valence-corrected chi connectivity index (χ2v) is 10.9. The van der Waals surface area contributed by atoms with Crippen LogP contribution >= 0.6 is 0 Å². The summed E-state index contributed by atoms with van der Waals surface area (Å²) in [4.78, 5) is 28.2. The summed E-state index contributed by atoms with van der Waals surface area (Å²) in [5.74, 6) is -1.83. The molecule has 39 heavy (non-hydrogen) atoms. The first-order chi connectivity index (χ1) is 18.5. The van der Waals surface area contributed by atoms with Crippen LogP contribution in [0.3, 0.4) is 0 Å². The molecule has 4 rings (SSSR count). The number of carbonyl (C=O) groups is 2. The van der Waals surface area contributed by atoms with Crippen LogP contribution in [0.25, 0.3) is 11.1 Å². The number of amides is 2. The molecule has 0 saturated carbocycles. The quantitative estimate of drug-likeness (QED) is 0.538. The minimum absolute atomic E-state index is 0.150. The van der Waals surface area contributed by atoms with Gasteiger partial charge in [-0.25, -0.2) is 13.2 Å². The number of benzene rings is 2. The van der Waals surface area contributed by atoms with Crippen molar-refractivity contribution in [1.82, 2.24) is 9.80 Å². The lowest BCUT2D eigenvalue weighted by atomic mass is 9.94. The Morgan fingerprint density at radius 1 is 1.18 bits per heavy atom. The Kier molecular flexibility index (Phi) is 8.50. The van der Waals surface area contributed by atoms with Gasteiger partial charge in [0.05, 0.1) is 30.3 Å². The summed E-state index contributed by atoms with van der Waals surface area (Å²) in [5, 5.41) is 9.86. The topological polar surface area (TPSA) is 99.7 Å². The van der Waals surface area contributed by atoms with Gasteiger partial charge in [-0.1, -0.05) is 12.1 Å². The smallest absolute Gasteiger partial charge is 0.258 e. The molecule has 2 fully saturated rings. The molecule has 7 nitrogen and oxygen atoms in total. The molecule has 208 valence electrons. The summed E-state index contributed by atoms with van der Waals surface area (Å²) in [6, 6.07) is 9.69. The highest BCUT2D eigenvalue weighted by molar-refractivity contribution is 6.03. The van der Waals surface area contributed by atoms with E-state index in [1.807, 2.05) is 0 Å². The molecule has 2 N–H and O–H groups in total. The van der Waals surface area contributed by atoms with Crippen molar-refractivity contribution < 1.29 is 27.5 Å². The largest absolute Gasteiger partial charge is 0.493 e. The molecular formula is C29H33F3N4O3. The third kappa shape index (κ3) is 6.71. The molecule has 2 heterocycles. The van der Waals surface area contributed by atoms with Gasteiger partial charge in [0.25, 0.3) is 5.91 Å². The summed E-state index contributed by atoms with van der Waals surface area (Å²) in [6.45, 7) is 5.19. The van der Waals surface area contributed by atoms with E-state index in [-0.39, 0.29) is 29.7 Å². The van der Waals surface area contributed by atoms with Crippen LogP contribution in [0.4, 0.5) is 13.2 Å². The Morgan fingerprint density at radius 3 is 2.54 bits per heavy atom. The van der Waals surface area contributed by atoms with Crippen molar-refractivity contribution in [2.24, 2.45) is 11.7 Å². The minimum Gasteiger partial charge on any atom is -0.493 e. The van der Waals surface area contributed by atoms with Crippen LogP contribution in [0.5, 0.6) is 5.75 Å². The van der Waals surface area contributed by atoms with Gasteiger partial charge in [-0.3, -0.25) is 9.59 Å². The molecule has 2 amide bonds. The maximum Gasteiger partial charge on any atom is 0.258 e. The first kappa shape index (κ1) is 28.4. The van der Waals surface area contributed by atoms with E-state index in [2.05, 4.69) is 11.0 Å². The second kappa shape index (κ2) is 11.7. The monoisotopic (exact) mass is 542 g/mol. The normalized spacial score (nSPS) is 20.6. The molecule has 0 spiro atoms. The van der Waals surface area contributed by atoms with Gasteiger partial charge in [-0.2, -0.15) is 5.26 Å². The second-order valence-electron chi connectivity index (χ2n) is 10.9. The number of hydrogen-bond acceptors (Lipinski definition) is 5. The zero-order valence-electron chi connectivity index (χ0n) is 22.1. The van der Waals surface area contributed by atoms with E-state index in [0.29, 0.717) is 30.4 Å². The van der Waals surface area contributed by atoms with Crippen LogP contribution in [0.1, 0.15) is 49.0 Å². The van der Waals surface area contributed by atoms with Gasteiger partial charge >= 0.3 is 0 Å². The number of hydrogen-bond donors (Lipinski definition) is 1. The number of nitriles is 1. The van der Waals surface area contributed by atoms with E-state index in [4.69, 9.17) is 10.5 Å². The predicted octanol–water partition coefficient (Wildman–Crippen LogP) is 4.24.